The molecule has 0 spiro atoms. The van der Waals surface area contributed by atoms with E-state index in [1.807, 2.05) is 0 Å². The van der Waals surface area contributed by atoms with Gasteiger partial charge in [-0.3, -0.25) is 20.1 Å². The zero-order chi connectivity index (χ0) is 24.7. The van der Waals surface area contributed by atoms with Crippen LogP contribution in [0.1, 0.15) is 29.2 Å². The number of hydrogen-bond donors (Lipinski definition) is 3. The van der Waals surface area contributed by atoms with Crippen molar-refractivity contribution in [3.63, 3.8) is 0 Å². The normalized spacial score (nSPS) is 17.5. The Morgan fingerprint density at radius 2 is 2.14 bits per heavy atom. The third-order valence-corrected chi connectivity index (χ3v) is 6.07. The van der Waals surface area contributed by atoms with Crippen LogP contribution in [0.3, 0.4) is 0 Å². The smallest absolute Gasteiger partial charge is 0.341 e. The summed E-state index contributed by atoms with van der Waals surface area (Å²) in [5.41, 5.74) is 2.59. The molecule has 182 valence electrons. The van der Waals surface area contributed by atoms with Crippen LogP contribution in [0.15, 0.2) is 41.3 Å². The number of anilines is 2. The van der Waals surface area contributed by atoms with Crippen molar-refractivity contribution in [3.8, 4) is 0 Å². The third-order valence-electron chi connectivity index (χ3n) is 5.89. The summed E-state index contributed by atoms with van der Waals surface area (Å²) in [5.74, 6) is -1.73. The molecule has 1 aliphatic carbocycles. The van der Waals surface area contributed by atoms with E-state index in [1.165, 1.54) is 19.5 Å². The fourth-order valence-electron chi connectivity index (χ4n) is 4.09. The number of halogens is 2. The number of nitrogens with one attached hydrogen (secondary N) is 2. The molecule has 0 saturated heterocycles. The average Bonchev–Trinajstić information content (AvgIpc) is 3.59. The molecule has 1 fully saturated rings. The molecule has 3 aromatic heterocycles. The minimum atomic E-state index is -1.35. The van der Waals surface area contributed by atoms with Crippen molar-refractivity contribution < 1.29 is 19.1 Å². The summed E-state index contributed by atoms with van der Waals surface area (Å²) in [6.07, 6.45) is 7.61. The van der Waals surface area contributed by atoms with E-state index < -0.39 is 22.8 Å². The van der Waals surface area contributed by atoms with Crippen molar-refractivity contribution in [2.24, 2.45) is 5.92 Å². The van der Waals surface area contributed by atoms with Gasteiger partial charge in [-0.05, 0) is 18.9 Å². The summed E-state index contributed by atoms with van der Waals surface area (Å²) in [5, 5.41) is 12.8. The van der Waals surface area contributed by atoms with Gasteiger partial charge in [-0.25, -0.2) is 19.2 Å². The first-order valence-electron chi connectivity index (χ1n) is 10.8. The van der Waals surface area contributed by atoms with Crippen LogP contribution >= 0.6 is 11.6 Å². The molecule has 0 bridgehead atoms. The van der Waals surface area contributed by atoms with E-state index in [1.54, 1.807) is 21.9 Å². The quantitative estimate of drug-likeness (QED) is 0.395. The van der Waals surface area contributed by atoms with E-state index in [-0.39, 0.29) is 34.0 Å². The maximum atomic E-state index is 15.2. The molecule has 2 aliphatic rings. The number of pyridine rings is 2. The van der Waals surface area contributed by atoms with Crippen molar-refractivity contribution in [1.29, 1.82) is 0 Å². The lowest BCUT2D eigenvalue weighted by Crippen LogP contribution is -2.28. The highest BCUT2D eigenvalue weighted by molar-refractivity contribution is 6.29. The van der Waals surface area contributed by atoms with Crippen molar-refractivity contribution in [2.75, 3.05) is 30.4 Å². The SMILES string of the molecule is CONC1=CN(c2nc3c(cc2F)c(=O)c(C(=O)O)cn3C2CC2)CC1CNc1cncc(Cl)n1. The molecule has 1 unspecified atom stereocenters. The van der Waals surface area contributed by atoms with Crippen LogP contribution < -0.4 is 21.1 Å². The lowest BCUT2D eigenvalue weighted by Gasteiger charge is -2.20. The number of nitrogens with zero attached hydrogens (tertiary/aromatic N) is 5. The number of fused-ring (bicyclic) bond motifs is 1. The molecule has 3 N–H and O–H groups in total. The molecule has 35 heavy (non-hydrogen) atoms. The third kappa shape index (κ3) is 4.49. The largest absolute Gasteiger partial charge is 0.477 e. The summed E-state index contributed by atoms with van der Waals surface area (Å²) in [6, 6.07) is 1.09. The Balaban J connectivity index is 1.49. The highest BCUT2D eigenvalue weighted by Gasteiger charge is 2.31. The maximum absolute atomic E-state index is 15.2. The number of carboxylic acid groups (broad SMARTS) is 1. The van der Waals surface area contributed by atoms with Gasteiger partial charge in [0.1, 0.15) is 22.2 Å². The number of carboxylic acids is 1. The van der Waals surface area contributed by atoms with Crippen molar-refractivity contribution >= 4 is 40.2 Å². The zero-order valence-corrected chi connectivity index (χ0v) is 19.3. The minimum Gasteiger partial charge on any atom is -0.477 e. The highest BCUT2D eigenvalue weighted by Crippen LogP contribution is 2.37. The Bertz CT molecular complexity index is 1410. The fourth-order valence-corrected chi connectivity index (χ4v) is 4.24. The van der Waals surface area contributed by atoms with Gasteiger partial charge in [0.15, 0.2) is 11.6 Å². The summed E-state index contributed by atoms with van der Waals surface area (Å²) in [6.45, 7) is 0.765. The first-order valence-corrected chi connectivity index (χ1v) is 11.2. The molecule has 1 saturated carbocycles. The molecule has 4 heterocycles. The Kier molecular flexibility index (Phi) is 5.99. The minimum absolute atomic E-state index is 0.0230. The van der Waals surface area contributed by atoms with E-state index in [0.717, 1.165) is 18.9 Å². The zero-order valence-electron chi connectivity index (χ0n) is 18.5. The molecule has 11 nitrogen and oxygen atoms in total. The van der Waals surface area contributed by atoms with Crippen LogP contribution in [-0.4, -0.2) is 50.8 Å². The highest BCUT2D eigenvalue weighted by atomic mass is 35.5. The van der Waals surface area contributed by atoms with E-state index in [4.69, 9.17) is 16.4 Å². The van der Waals surface area contributed by atoms with Crippen molar-refractivity contribution in [3.05, 3.63) is 63.3 Å². The van der Waals surface area contributed by atoms with Gasteiger partial charge in [0, 0.05) is 37.4 Å². The first-order chi connectivity index (χ1) is 16.9. The summed E-state index contributed by atoms with van der Waals surface area (Å²) in [4.78, 5) is 43.6. The van der Waals surface area contributed by atoms with Gasteiger partial charge >= 0.3 is 5.97 Å². The van der Waals surface area contributed by atoms with Crippen LogP contribution in [-0.2, 0) is 4.84 Å². The molecule has 0 aromatic carbocycles. The average molecular weight is 502 g/mol. The molecule has 0 amide bonds. The van der Waals surface area contributed by atoms with Gasteiger partial charge in [-0.2, -0.15) is 0 Å². The second kappa shape index (κ2) is 9.12. The van der Waals surface area contributed by atoms with Gasteiger partial charge in [0.05, 0.1) is 30.6 Å². The Hall–Kier alpha value is -3.77. The van der Waals surface area contributed by atoms with Crippen LogP contribution in [0, 0.1) is 11.7 Å². The number of hydrogen-bond acceptors (Lipinski definition) is 9. The monoisotopic (exact) mass is 501 g/mol. The summed E-state index contributed by atoms with van der Waals surface area (Å²) in [7, 11) is 1.47. The lowest BCUT2D eigenvalue weighted by molar-refractivity contribution is 0.0695. The van der Waals surface area contributed by atoms with E-state index in [2.05, 4.69) is 25.7 Å². The second-order valence-corrected chi connectivity index (χ2v) is 8.72. The van der Waals surface area contributed by atoms with E-state index in [0.29, 0.717) is 24.6 Å². The predicted molar refractivity (Wildman–Crippen MR) is 126 cm³/mol. The van der Waals surface area contributed by atoms with E-state index in [9.17, 15) is 14.7 Å². The van der Waals surface area contributed by atoms with Gasteiger partial charge in [0.2, 0.25) is 5.43 Å². The number of hydroxylamine groups is 1. The number of rotatable bonds is 8. The van der Waals surface area contributed by atoms with Gasteiger partial charge in [-0.1, -0.05) is 11.6 Å². The van der Waals surface area contributed by atoms with Crippen LogP contribution in [0.2, 0.25) is 5.15 Å². The number of aromatic carboxylic acids is 1. The Morgan fingerprint density at radius 3 is 2.83 bits per heavy atom. The molecule has 3 aromatic rings. The first kappa shape index (κ1) is 23.0. The summed E-state index contributed by atoms with van der Waals surface area (Å²) < 4.78 is 16.9. The Morgan fingerprint density at radius 1 is 1.34 bits per heavy atom. The van der Waals surface area contributed by atoms with Crippen molar-refractivity contribution in [1.82, 2.24) is 25.0 Å². The van der Waals surface area contributed by atoms with Crippen LogP contribution in [0.25, 0.3) is 11.0 Å². The standard InChI is InChI=1S/C22H21ClFN7O4/c1-35-29-16-10-30(8-11(16)5-26-18-7-25-6-17(23)27-18)21-15(24)4-13-19(32)14(22(33)34)9-31(12-2-3-12)20(13)28-21/h4,6-7,9-12,29H,2-3,5,8H2,1H3,(H,26,27)(H,33,34). The number of aromatic nitrogens is 4. The molecule has 13 heteroatoms. The number of carbonyl (C=O) groups is 1. The van der Waals surface area contributed by atoms with Gasteiger partial charge in [-0.15, -0.1) is 0 Å². The summed E-state index contributed by atoms with van der Waals surface area (Å²) >= 11 is 5.89. The lowest BCUT2D eigenvalue weighted by atomic mass is 10.1. The van der Waals surface area contributed by atoms with Gasteiger partial charge < -0.3 is 19.9 Å². The molecule has 1 aliphatic heterocycles. The molecule has 5 rings (SSSR count). The van der Waals surface area contributed by atoms with Crippen LogP contribution in [0.4, 0.5) is 16.0 Å². The van der Waals surface area contributed by atoms with Crippen LogP contribution in [0.5, 0.6) is 0 Å². The van der Waals surface area contributed by atoms with Gasteiger partial charge in [0.25, 0.3) is 0 Å². The topological polar surface area (TPSA) is 134 Å². The Labute approximate surface area is 203 Å². The molecule has 1 atom stereocenters. The molecular weight excluding hydrogens is 481 g/mol. The maximum Gasteiger partial charge on any atom is 0.341 e. The predicted octanol–water partition coefficient (Wildman–Crippen LogP) is 2.55. The fraction of sp³-hybridized carbons (Fsp3) is 0.318. The molecule has 0 radical (unpaired) electrons. The van der Waals surface area contributed by atoms with E-state index >= 15 is 4.39 Å². The molecular formula is C22H21ClFN7O4. The second-order valence-electron chi connectivity index (χ2n) is 8.33. The van der Waals surface area contributed by atoms with Crippen molar-refractivity contribution in [2.45, 2.75) is 18.9 Å².